The van der Waals surface area contributed by atoms with Gasteiger partial charge in [-0.15, -0.1) is 0 Å². The van der Waals surface area contributed by atoms with Crippen LogP contribution in [0.4, 0.5) is 11.4 Å². The zero-order chi connectivity index (χ0) is 29.2. The molecule has 3 N–H and O–H groups in total. The molecule has 0 spiro atoms. The lowest BCUT2D eigenvalue weighted by molar-refractivity contribution is -0.128. The Kier molecular flexibility index (Phi) is 8.89. The van der Waals surface area contributed by atoms with Crippen molar-refractivity contribution in [3.8, 4) is 0 Å². The van der Waals surface area contributed by atoms with Gasteiger partial charge < -0.3 is 16.0 Å². The quantitative estimate of drug-likeness (QED) is 0.363. The van der Waals surface area contributed by atoms with E-state index < -0.39 is 33.9 Å². The van der Waals surface area contributed by atoms with Gasteiger partial charge in [0.15, 0.2) is 0 Å². The molecule has 40 heavy (non-hydrogen) atoms. The summed E-state index contributed by atoms with van der Waals surface area (Å²) >= 11 is 18.4. The number of nitrogens with zero attached hydrogens (tertiary/aromatic N) is 2. The second-order valence-electron chi connectivity index (χ2n) is 9.07. The number of carbonyl (C=O) groups excluding carboxylic acids is 3. The minimum absolute atomic E-state index is 0.0584. The van der Waals surface area contributed by atoms with Crippen molar-refractivity contribution in [1.29, 1.82) is 0 Å². The van der Waals surface area contributed by atoms with Gasteiger partial charge >= 0.3 is 0 Å². The monoisotopic (exact) mass is 623 g/mol. The molecule has 2 aromatic carbocycles. The van der Waals surface area contributed by atoms with Gasteiger partial charge in [-0.25, -0.2) is 8.42 Å². The highest BCUT2D eigenvalue weighted by atomic mass is 35.5. The molecule has 1 aliphatic heterocycles. The third-order valence-electron chi connectivity index (χ3n) is 6.03. The second-order valence-corrected chi connectivity index (χ2v) is 12.2. The first-order chi connectivity index (χ1) is 18.9. The average Bonchev–Trinajstić information content (AvgIpc) is 2.87. The molecule has 0 fully saturated rings. The first-order valence-electron chi connectivity index (χ1n) is 12.0. The molecule has 1 aliphatic rings. The number of halogens is 3. The van der Waals surface area contributed by atoms with Crippen LogP contribution < -0.4 is 20.3 Å². The van der Waals surface area contributed by atoms with E-state index in [1.54, 1.807) is 12.1 Å². The summed E-state index contributed by atoms with van der Waals surface area (Å²) in [7, 11) is -4.18. The van der Waals surface area contributed by atoms with Crippen molar-refractivity contribution in [1.82, 2.24) is 15.6 Å². The average molecular weight is 625 g/mol. The van der Waals surface area contributed by atoms with Crippen LogP contribution in [0.3, 0.4) is 0 Å². The lowest BCUT2D eigenvalue weighted by Gasteiger charge is -2.35. The number of hydrogen-bond donors (Lipinski definition) is 3. The first-order valence-corrected chi connectivity index (χ1v) is 14.5. The third kappa shape index (κ3) is 6.49. The van der Waals surface area contributed by atoms with Crippen LogP contribution in [0.15, 0.2) is 59.6 Å². The first kappa shape index (κ1) is 29.6. The summed E-state index contributed by atoms with van der Waals surface area (Å²) in [5.74, 6) is -1.46. The number of sulfonamides is 1. The summed E-state index contributed by atoms with van der Waals surface area (Å²) in [4.78, 5) is 41.3. The van der Waals surface area contributed by atoms with E-state index in [2.05, 4.69) is 20.9 Å². The summed E-state index contributed by atoms with van der Waals surface area (Å²) in [6, 6.07) is 10.4. The molecule has 3 aromatic rings. The lowest BCUT2D eigenvalue weighted by atomic mass is 10.0. The van der Waals surface area contributed by atoms with E-state index in [-0.39, 0.29) is 55.8 Å². The minimum atomic E-state index is -4.18. The smallest absolute Gasteiger partial charge is 0.264 e. The highest BCUT2D eigenvalue weighted by molar-refractivity contribution is 7.92. The van der Waals surface area contributed by atoms with Gasteiger partial charge in [0.2, 0.25) is 11.8 Å². The van der Waals surface area contributed by atoms with Crippen LogP contribution in [0.1, 0.15) is 29.9 Å². The Morgan fingerprint density at radius 3 is 2.38 bits per heavy atom. The zero-order valence-corrected chi connectivity index (χ0v) is 24.3. The number of rotatable bonds is 7. The van der Waals surface area contributed by atoms with Gasteiger partial charge in [-0.1, -0.05) is 46.9 Å². The molecule has 2 atom stereocenters. The summed E-state index contributed by atoms with van der Waals surface area (Å²) in [5.41, 5.74) is 0.836. The topological polar surface area (TPSA) is 138 Å². The van der Waals surface area contributed by atoms with E-state index in [0.29, 0.717) is 5.69 Å². The Morgan fingerprint density at radius 2 is 1.73 bits per heavy atom. The van der Waals surface area contributed by atoms with Gasteiger partial charge in [-0.05, 0) is 43.3 Å². The molecule has 10 nitrogen and oxygen atoms in total. The molecule has 4 rings (SSSR count). The zero-order valence-electron chi connectivity index (χ0n) is 21.2. The van der Waals surface area contributed by atoms with E-state index in [1.165, 1.54) is 56.4 Å². The standard InChI is InChI=1S/C26H24Cl3N5O5S/c1-14(31-15(2)35)25(36)33-18-10-22-23(34(13-18)40(38,39)19-6-3-5-16(27)9-19)11-17(12-30-22)32-26(37)24-20(28)7-4-8-21(24)29/h3-9,11-12,14,18H,10,13H2,1-2H3,(H,31,35)(H,32,37)(H,33,36). The van der Waals surface area contributed by atoms with E-state index in [0.717, 1.165) is 4.31 Å². The lowest BCUT2D eigenvalue weighted by Crippen LogP contribution is -2.54. The van der Waals surface area contributed by atoms with Crippen LogP contribution in [0, 0.1) is 0 Å². The maximum atomic E-state index is 13.8. The van der Waals surface area contributed by atoms with Gasteiger partial charge in [-0.3, -0.25) is 23.7 Å². The fourth-order valence-corrected chi connectivity index (χ4v) is 6.60. The minimum Gasteiger partial charge on any atom is -0.349 e. The number of amides is 3. The second kappa shape index (κ2) is 12.0. The number of benzene rings is 2. The highest BCUT2D eigenvalue weighted by Crippen LogP contribution is 2.34. The van der Waals surface area contributed by atoms with Crippen LogP contribution in [0.5, 0.6) is 0 Å². The maximum Gasteiger partial charge on any atom is 0.264 e. The Labute approximate surface area is 246 Å². The summed E-state index contributed by atoms with van der Waals surface area (Å²) in [5, 5.41) is 8.47. The number of carbonyl (C=O) groups is 3. The van der Waals surface area contributed by atoms with E-state index in [1.807, 2.05) is 0 Å². The van der Waals surface area contributed by atoms with Crippen LogP contribution in [0.25, 0.3) is 0 Å². The van der Waals surface area contributed by atoms with E-state index in [9.17, 15) is 22.8 Å². The largest absolute Gasteiger partial charge is 0.349 e. The van der Waals surface area contributed by atoms with Crippen molar-refractivity contribution in [2.75, 3.05) is 16.2 Å². The van der Waals surface area contributed by atoms with E-state index in [4.69, 9.17) is 34.8 Å². The number of aromatic nitrogens is 1. The molecule has 14 heteroatoms. The van der Waals surface area contributed by atoms with Gasteiger partial charge in [-0.2, -0.15) is 0 Å². The van der Waals surface area contributed by atoms with Gasteiger partial charge in [0.05, 0.1) is 56.4 Å². The third-order valence-corrected chi connectivity index (χ3v) is 8.67. The van der Waals surface area contributed by atoms with Gasteiger partial charge in [0.25, 0.3) is 15.9 Å². The molecule has 2 heterocycles. The normalized spacial score (nSPS) is 15.5. The Bertz CT molecular complexity index is 1580. The predicted octanol–water partition coefficient (Wildman–Crippen LogP) is 4.05. The number of hydrogen-bond acceptors (Lipinski definition) is 6. The van der Waals surface area contributed by atoms with Crippen molar-refractivity contribution >= 4 is 73.9 Å². The maximum absolute atomic E-state index is 13.8. The predicted molar refractivity (Wildman–Crippen MR) is 154 cm³/mol. The van der Waals surface area contributed by atoms with Crippen LogP contribution in [0.2, 0.25) is 15.1 Å². The number of pyridine rings is 1. The van der Waals surface area contributed by atoms with E-state index >= 15 is 0 Å². The number of anilines is 2. The molecular formula is C26H24Cl3N5O5S. The Morgan fingerprint density at radius 1 is 1.05 bits per heavy atom. The number of fused-ring (bicyclic) bond motifs is 1. The van der Waals surface area contributed by atoms with Crippen molar-refractivity contribution in [2.24, 2.45) is 0 Å². The van der Waals surface area contributed by atoms with Gasteiger partial charge in [0.1, 0.15) is 6.04 Å². The van der Waals surface area contributed by atoms with Crippen LogP contribution in [-0.4, -0.2) is 49.8 Å². The molecule has 2 unspecified atom stereocenters. The molecule has 0 radical (unpaired) electrons. The van der Waals surface area contributed by atoms with Crippen molar-refractivity contribution in [2.45, 2.75) is 37.2 Å². The molecule has 1 aromatic heterocycles. The number of nitrogens with one attached hydrogen (secondary N) is 3. The SMILES string of the molecule is CC(=O)NC(C)C(=O)NC1Cc2ncc(NC(=O)c3c(Cl)cccc3Cl)cc2N(S(=O)(=O)c2cccc(Cl)c2)C1. The fraction of sp³-hybridized carbons (Fsp3) is 0.231. The molecule has 0 bridgehead atoms. The van der Waals surface area contributed by atoms with Crippen molar-refractivity contribution < 1.29 is 22.8 Å². The molecule has 0 aliphatic carbocycles. The molecule has 0 saturated heterocycles. The van der Waals surface area contributed by atoms with Gasteiger partial charge in [0, 0.05) is 18.4 Å². The van der Waals surface area contributed by atoms with Crippen molar-refractivity contribution in [3.63, 3.8) is 0 Å². The molecule has 0 saturated carbocycles. The summed E-state index contributed by atoms with van der Waals surface area (Å²) < 4.78 is 28.7. The summed E-state index contributed by atoms with van der Waals surface area (Å²) in [6.45, 7) is 2.67. The highest BCUT2D eigenvalue weighted by Gasteiger charge is 2.36. The Hall–Kier alpha value is -3.38. The Balaban J connectivity index is 1.70. The molecule has 210 valence electrons. The van der Waals surface area contributed by atoms with Crippen molar-refractivity contribution in [3.05, 3.63) is 81.1 Å². The summed E-state index contributed by atoms with van der Waals surface area (Å²) in [6.07, 6.45) is 1.57. The fourth-order valence-electron chi connectivity index (χ4n) is 4.20. The molecular weight excluding hydrogens is 601 g/mol. The molecule has 3 amide bonds. The van der Waals surface area contributed by atoms with Crippen LogP contribution >= 0.6 is 34.8 Å². The van der Waals surface area contributed by atoms with Crippen LogP contribution in [-0.2, 0) is 26.0 Å².